The van der Waals surface area contributed by atoms with E-state index in [1.165, 1.54) is 0 Å². The first-order chi connectivity index (χ1) is 8.90. The molecule has 0 aliphatic rings. The summed E-state index contributed by atoms with van der Waals surface area (Å²) < 4.78 is 42.3. The molecule has 1 aromatic heterocycles. The van der Waals surface area contributed by atoms with Gasteiger partial charge >= 0.3 is 6.18 Å². The van der Waals surface area contributed by atoms with Crippen LogP contribution in [0, 0.1) is 0 Å². The van der Waals surface area contributed by atoms with E-state index in [0.717, 1.165) is 18.7 Å². The minimum absolute atomic E-state index is 0.00388. The van der Waals surface area contributed by atoms with Crippen molar-refractivity contribution in [2.45, 2.75) is 32.0 Å². The van der Waals surface area contributed by atoms with E-state index in [9.17, 15) is 13.2 Å². The van der Waals surface area contributed by atoms with E-state index in [2.05, 4.69) is 15.6 Å². The summed E-state index contributed by atoms with van der Waals surface area (Å²) in [6, 6.07) is -0.195. The Kier molecular flexibility index (Phi) is 6.23. The summed E-state index contributed by atoms with van der Waals surface area (Å²) in [4.78, 5) is 0. The van der Waals surface area contributed by atoms with Crippen molar-refractivity contribution in [2.24, 2.45) is 7.05 Å². The van der Waals surface area contributed by atoms with Gasteiger partial charge in [0.15, 0.2) is 0 Å². The van der Waals surface area contributed by atoms with Gasteiger partial charge in [0.1, 0.15) is 6.61 Å². The second-order valence-corrected chi connectivity index (χ2v) is 4.37. The summed E-state index contributed by atoms with van der Waals surface area (Å²) in [7, 11) is 1.74. The predicted molar refractivity (Wildman–Crippen MR) is 63.7 cm³/mol. The highest BCUT2D eigenvalue weighted by atomic mass is 19.4. The average Bonchev–Trinajstić information content (AvgIpc) is 2.70. The molecular formula is C11H19F3N4O. The van der Waals surface area contributed by atoms with Crippen molar-refractivity contribution in [1.82, 2.24) is 20.3 Å². The van der Waals surface area contributed by atoms with Gasteiger partial charge in [0.05, 0.1) is 12.3 Å². The summed E-state index contributed by atoms with van der Waals surface area (Å²) in [5.74, 6) is 0. The van der Waals surface area contributed by atoms with Gasteiger partial charge in [-0.25, -0.2) is 0 Å². The van der Waals surface area contributed by atoms with Crippen LogP contribution in [0.25, 0.3) is 0 Å². The maximum atomic E-state index is 12.0. The van der Waals surface area contributed by atoms with Crippen LogP contribution in [0.4, 0.5) is 13.2 Å². The lowest BCUT2D eigenvalue weighted by Crippen LogP contribution is -2.37. The highest BCUT2D eigenvalue weighted by Gasteiger charge is 2.28. The lowest BCUT2D eigenvalue weighted by atomic mass is 10.2. The molecular weight excluding hydrogens is 261 g/mol. The van der Waals surface area contributed by atoms with Crippen LogP contribution in [-0.2, 0) is 18.2 Å². The highest BCUT2D eigenvalue weighted by molar-refractivity contribution is 4.95. The van der Waals surface area contributed by atoms with E-state index in [1.54, 1.807) is 17.9 Å². The van der Waals surface area contributed by atoms with Gasteiger partial charge in [-0.3, -0.25) is 4.68 Å². The van der Waals surface area contributed by atoms with Crippen LogP contribution in [-0.4, -0.2) is 47.0 Å². The standard InChI is InChI=1S/C11H19F3N4O/c1-3-4-15-10(7-19-8-11(12,13)14)5-9-6-18(2)17-16-9/h6,10,15H,3-5,7-8H2,1-2H3. The third-order valence-corrected chi connectivity index (χ3v) is 2.37. The van der Waals surface area contributed by atoms with Crippen LogP contribution in [0.15, 0.2) is 6.20 Å². The number of halogens is 3. The summed E-state index contributed by atoms with van der Waals surface area (Å²) in [6.45, 7) is 1.48. The molecule has 1 N–H and O–H groups in total. The van der Waals surface area contributed by atoms with Crippen molar-refractivity contribution in [1.29, 1.82) is 0 Å². The lowest BCUT2D eigenvalue weighted by Gasteiger charge is -2.18. The number of hydrogen-bond acceptors (Lipinski definition) is 4. The molecule has 0 saturated carbocycles. The Balaban J connectivity index is 2.42. The number of rotatable bonds is 8. The van der Waals surface area contributed by atoms with Crippen LogP contribution in [0.3, 0.4) is 0 Å². The second-order valence-electron chi connectivity index (χ2n) is 4.37. The Labute approximate surface area is 110 Å². The van der Waals surface area contributed by atoms with E-state index in [4.69, 9.17) is 4.74 Å². The van der Waals surface area contributed by atoms with E-state index >= 15 is 0 Å². The fraction of sp³-hybridized carbons (Fsp3) is 0.818. The van der Waals surface area contributed by atoms with Gasteiger partial charge < -0.3 is 10.1 Å². The Morgan fingerprint density at radius 1 is 1.47 bits per heavy atom. The molecule has 1 aromatic rings. The number of nitrogens with one attached hydrogen (secondary N) is 1. The molecule has 1 heterocycles. The molecule has 1 unspecified atom stereocenters. The third-order valence-electron chi connectivity index (χ3n) is 2.37. The Hall–Kier alpha value is -1.15. The molecule has 0 aliphatic heterocycles. The van der Waals surface area contributed by atoms with E-state index in [1.807, 2.05) is 6.92 Å². The largest absolute Gasteiger partial charge is 0.411 e. The van der Waals surface area contributed by atoms with Crippen molar-refractivity contribution >= 4 is 0 Å². The first-order valence-corrected chi connectivity index (χ1v) is 6.13. The zero-order valence-electron chi connectivity index (χ0n) is 11.1. The number of aryl methyl sites for hydroxylation is 1. The van der Waals surface area contributed by atoms with Crippen molar-refractivity contribution in [3.8, 4) is 0 Å². The average molecular weight is 280 g/mol. The Bertz CT molecular complexity index is 367. The van der Waals surface area contributed by atoms with Crippen LogP contribution < -0.4 is 5.32 Å². The minimum atomic E-state index is -4.29. The number of ether oxygens (including phenoxy) is 1. The van der Waals surface area contributed by atoms with Gasteiger partial charge in [0.25, 0.3) is 0 Å². The smallest absolute Gasteiger partial charge is 0.370 e. The molecule has 8 heteroatoms. The molecule has 1 atom stereocenters. The highest BCUT2D eigenvalue weighted by Crippen LogP contribution is 2.14. The molecule has 0 spiro atoms. The molecule has 0 radical (unpaired) electrons. The Morgan fingerprint density at radius 3 is 2.74 bits per heavy atom. The molecule has 19 heavy (non-hydrogen) atoms. The van der Waals surface area contributed by atoms with Gasteiger partial charge in [-0.2, -0.15) is 13.2 Å². The SMILES string of the molecule is CCCNC(COCC(F)(F)F)Cc1cn(C)nn1. The van der Waals surface area contributed by atoms with E-state index < -0.39 is 12.8 Å². The molecule has 0 aromatic carbocycles. The number of alkyl halides is 3. The third kappa shape index (κ3) is 7.12. The van der Waals surface area contributed by atoms with Gasteiger partial charge in [0.2, 0.25) is 0 Å². The van der Waals surface area contributed by atoms with E-state index in [0.29, 0.717) is 6.42 Å². The van der Waals surface area contributed by atoms with Gasteiger partial charge in [0, 0.05) is 25.7 Å². The van der Waals surface area contributed by atoms with Gasteiger partial charge in [-0.15, -0.1) is 5.10 Å². The van der Waals surface area contributed by atoms with Crippen LogP contribution in [0.2, 0.25) is 0 Å². The molecule has 0 fully saturated rings. The monoisotopic (exact) mass is 280 g/mol. The quantitative estimate of drug-likeness (QED) is 0.780. The van der Waals surface area contributed by atoms with Gasteiger partial charge in [-0.1, -0.05) is 12.1 Å². The summed E-state index contributed by atoms with van der Waals surface area (Å²) in [5, 5.41) is 10.8. The lowest BCUT2D eigenvalue weighted by molar-refractivity contribution is -0.175. The van der Waals surface area contributed by atoms with Crippen molar-refractivity contribution in [3.63, 3.8) is 0 Å². The zero-order chi connectivity index (χ0) is 14.3. The van der Waals surface area contributed by atoms with E-state index in [-0.39, 0.29) is 12.6 Å². The fourth-order valence-electron chi connectivity index (χ4n) is 1.60. The molecule has 0 saturated heterocycles. The number of hydrogen-bond donors (Lipinski definition) is 1. The first kappa shape index (κ1) is 15.9. The Morgan fingerprint density at radius 2 is 2.21 bits per heavy atom. The second kappa shape index (κ2) is 7.44. The minimum Gasteiger partial charge on any atom is -0.370 e. The van der Waals surface area contributed by atoms with Crippen LogP contribution in [0.1, 0.15) is 19.0 Å². The van der Waals surface area contributed by atoms with Crippen LogP contribution in [0.5, 0.6) is 0 Å². The number of nitrogens with zero attached hydrogens (tertiary/aromatic N) is 3. The molecule has 110 valence electrons. The molecule has 1 rings (SSSR count). The van der Waals surface area contributed by atoms with Crippen LogP contribution >= 0.6 is 0 Å². The fourth-order valence-corrected chi connectivity index (χ4v) is 1.60. The zero-order valence-corrected chi connectivity index (χ0v) is 11.1. The maximum Gasteiger partial charge on any atom is 0.411 e. The summed E-state index contributed by atoms with van der Waals surface area (Å²) in [5.41, 5.74) is 0.728. The topological polar surface area (TPSA) is 52.0 Å². The summed E-state index contributed by atoms with van der Waals surface area (Å²) in [6.07, 6.45) is -1.16. The predicted octanol–water partition coefficient (Wildman–Crippen LogP) is 1.30. The first-order valence-electron chi connectivity index (χ1n) is 6.13. The molecule has 0 aliphatic carbocycles. The summed E-state index contributed by atoms with van der Waals surface area (Å²) >= 11 is 0. The van der Waals surface area contributed by atoms with Crippen molar-refractivity contribution in [3.05, 3.63) is 11.9 Å². The molecule has 0 bridgehead atoms. The molecule has 0 amide bonds. The van der Waals surface area contributed by atoms with Crippen molar-refractivity contribution < 1.29 is 17.9 Å². The maximum absolute atomic E-state index is 12.0. The van der Waals surface area contributed by atoms with Gasteiger partial charge in [-0.05, 0) is 13.0 Å². The normalized spacial score (nSPS) is 13.7. The molecule has 5 nitrogen and oxygen atoms in total. The van der Waals surface area contributed by atoms with Crippen molar-refractivity contribution in [2.75, 3.05) is 19.8 Å². The number of aromatic nitrogens is 3.